The Kier molecular flexibility index (Phi) is 4.84. The van der Waals surface area contributed by atoms with Crippen molar-refractivity contribution in [1.29, 1.82) is 5.26 Å². The molecule has 94 valence electrons. The van der Waals surface area contributed by atoms with E-state index in [9.17, 15) is 14.7 Å². The average molecular weight is 268 g/mol. The molecule has 0 aliphatic rings. The van der Waals surface area contributed by atoms with E-state index in [0.29, 0.717) is 5.56 Å². The summed E-state index contributed by atoms with van der Waals surface area (Å²) in [5.41, 5.74) is 0.719. The van der Waals surface area contributed by atoms with Crippen molar-refractivity contribution in [3.05, 3.63) is 34.9 Å². The molecule has 0 spiro atoms. The predicted octanol–water partition coefficient (Wildman–Crippen LogP) is 1.03. The van der Waals surface area contributed by atoms with Crippen LogP contribution in [0, 0.1) is 11.3 Å². The van der Waals surface area contributed by atoms with Gasteiger partial charge in [-0.05, 0) is 17.2 Å². The topological polar surface area (TPSA) is 98.4 Å². The minimum atomic E-state index is -1.69. The van der Waals surface area contributed by atoms with E-state index in [-0.39, 0.29) is 29.2 Å². The molecule has 5 nitrogen and oxygen atoms in total. The summed E-state index contributed by atoms with van der Waals surface area (Å²) in [7, 11) is 0. The first kappa shape index (κ1) is 14.2. The monoisotopic (exact) mass is 267 g/mol. The number of carbonyl (C=O) groups is 2. The molecular weight excluding hydrogens is 258 g/mol. The number of nitrogens with zero attached hydrogens (tertiary/aromatic N) is 1. The number of ketones is 1. The first-order chi connectivity index (χ1) is 8.49. The van der Waals surface area contributed by atoms with Crippen molar-refractivity contribution in [2.24, 2.45) is 0 Å². The average Bonchev–Trinajstić information content (AvgIpc) is 2.37. The number of carbonyl (C=O) groups excluding carboxylic acids is 1. The van der Waals surface area contributed by atoms with E-state index in [1.54, 1.807) is 0 Å². The molecule has 0 fully saturated rings. The molecule has 0 bridgehead atoms. The summed E-state index contributed by atoms with van der Waals surface area (Å²) in [6.45, 7) is 0. The Morgan fingerprint density at radius 2 is 2.11 bits per heavy atom. The lowest BCUT2D eigenvalue weighted by atomic mass is 9.98. The molecule has 2 N–H and O–H groups in total. The molecule has 0 aliphatic carbocycles. The maximum absolute atomic E-state index is 11.2. The second-order valence-corrected chi connectivity index (χ2v) is 3.89. The minimum Gasteiger partial charge on any atom is -0.479 e. The molecule has 0 heterocycles. The number of rotatable bonds is 5. The van der Waals surface area contributed by atoms with Gasteiger partial charge in [0.25, 0.3) is 0 Å². The van der Waals surface area contributed by atoms with Gasteiger partial charge < -0.3 is 10.2 Å². The molecule has 0 saturated heterocycles. The highest BCUT2D eigenvalue weighted by atomic mass is 35.5. The fraction of sp³-hybridized carbons (Fsp3) is 0.250. The molecule has 1 unspecified atom stereocenters. The molecule has 0 radical (unpaired) electrons. The van der Waals surface area contributed by atoms with E-state index < -0.39 is 12.1 Å². The number of aliphatic carboxylic acids is 1. The van der Waals surface area contributed by atoms with Gasteiger partial charge in [-0.15, -0.1) is 11.6 Å². The molecule has 1 aromatic carbocycles. The number of benzene rings is 1. The third-order valence-corrected chi connectivity index (χ3v) is 2.64. The third-order valence-electron chi connectivity index (χ3n) is 2.34. The van der Waals surface area contributed by atoms with Crippen LogP contribution in [0.4, 0.5) is 0 Å². The Labute approximate surface area is 108 Å². The quantitative estimate of drug-likeness (QED) is 0.776. The highest BCUT2D eigenvalue weighted by Gasteiger charge is 2.17. The minimum absolute atomic E-state index is 0.00976. The fourth-order valence-corrected chi connectivity index (χ4v) is 1.52. The summed E-state index contributed by atoms with van der Waals surface area (Å²) < 4.78 is 0. The largest absolute Gasteiger partial charge is 0.479 e. The Morgan fingerprint density at radius 3 is 2.61 bits per heavy atom. The summed E-state index contributed by atoms with van der Waals surface area (Å²) in [5, 5.41) is 26.9. The van der Waals surface area contributed by atoms with Gasteiger partial charge in [0, 0.05) is 6.42 Å². The van der Waals surface area contributed by atoms with Crippen molar-refractivity contribution in [2.45, 2.75) is 12.5 Å². The second-order valence-electron chi connectivity index (χ2n) is 3.62. The number of aliphatic hydroxyl groups is 1. The standard InChI is InChI=1S/C12H10ClNO4/c13-5-10(15)4-7-1-2-8(3-9(7)6-14)11(16)12(17)18/h1-3,11,16H,4-5H2,(H,17,18). The number of halogens is 1. The second kappa shape index (κ2) is 6.15. The number of hydrogen-bond acceptors (Lipinski definition) is 4. The third kappa shape index (κ3) is 3.29. The molecule has 1 rings (SSSR count). The zero-order chi connectivity index (χ0) is 13.7. The van der Waals surface area contributed by atoms with E-state index in [4.69, 9.17) is 22.0 Å². The fourth-order valence-electron chi connectivity index (χ4n) is 1.42. The summed E-state index contributed by atoms with van der Waals surface area (Å²) >= 11 is 5.37. The number of alkyl halides is 1. The molecule has 1 atom stereocenters. The summed E-state index contributed by atoms with van der Waals surface area (Å²) in [4.78, 5) is 21.8. The van der Waals surface area contributed by atoms with Crippen molar-refractivity contribution in [1.82, 2.24) is 0 Å². The first-order valence-electron chi connectivity index (χ1n) is 5.01. The number of carboxylic acids is 1. The van der Waals surface area contributed by atoms with E-state index in [1.165, 1.54) is 18.2 Å². The van der Waals surface area contributed by atoms with Gasteiger partial charge in [-0.3, -0.25) is 4.79 Å². The van der Waals surface area contributed by atoms with Gasteiger partial charge in [-0.25, -0.2) is 4.79 Å². The van der Waals surface area contributed by atoms with Gasteiger partial charge in [-0.2, -0.15) is 5.26 Å². The molecule has 0 aliphatic heterocycles. The first-order valence-corrected chi connectivity index (χ1v) is 5.54. The van der Waals surface area contributed by atoms with Crippen LogP contribution in [0.2, 0.25) is 0 Å². The number of carboxylic acid groups (broad SMARTS) is 1. The van der Waals surface area contributed by atoms with Crippen LogP contribution in [0.15, 0.2) is 18.2 Å². The normalized spacial score (nSPS) is 11.6. The van der Waals surface area contributed by atoms with Crippen LogP contribution in [0.25, 0.3) is 0 Å². The van der Waals surface area contributed by atoms with E-state index in [2.05, 4.69) is 0 Å². The number of hydrogen-bond donors (Lipinski definition) is 2. The van der Waals surface area contributed by atoms with Crippen LogP contribution in [-0.4, -0.2) is 27.8 Å². The zero-order valence-corrected chi connectivity index (χ0v) is 10.0. The summed E-state index contributed by atoms with van der Waals surface area (Å²) in [6, 6.07) is 5.94. The molecule has 0 saturated carbocycles. The van der Waals surface area contributed by atoms with Crippen molar-refractivity contribution in [2.75, 3.05) is 5.88 Å². The van der Waals surface area contributed by atoms with Gasteiger partial charge >= 0.3 is 5.97 Å². The maximum Gasteiger partial charge on any atom is 0.337 e. The highest BCUT2D eigenvalue weighted by molar-refractivity contribution is 6.27. The van der Waals surface area contributed by atoms with Crippen LogP contribution in [0.3, 0.4) is 0 Å². The van der Waals surface area contributed by atoms with Crippen LogP contribution < -0.4 is 0 Å². The maximum atomic E-state index is 11.2. The molecule has 18 heavy (non-hydrogen) atoms. The number of aliphatic hydroxyl groups excluding tert-OH is 1. The molecule has 0 aromatic heterocycles. The lowest BCUT2D eigenvalue weighted by Gasteiger charge is -2.08. The Bertz CT molecular complexity index is 521. The number of nitriles is 1. The Hall–Kier alpha value is -1.90. The Balaban J connectivity index is 3.08. The van der Waals surface area contributed by atoms with Gasteiger partial charge in [0.1, 0.15) is 0 Å². The molecule has 0 amide bonds. The van der Waals surface area contributed by atoms with E-state index >= 15 is 0 Å². The van der Waals surface area contributed by atoms with Gasteiger partial charge in [0.2, 0.25) is 0 Å². The van der Waals surface area contributed by atoms with Gasteiger partial charge in [0.15, 0.2) is 11.9 Å². The van der Waals surface area contributed by atoms with Crippen molar-refractivity contribution < 1.29 is 19.8 Å². The van der Waals surface area contributed by atoms with E-state index in [1.807, 2.05) is 6.07 Å². The highest BCUT2D eigenvalue weighted by Crippen LogP contribution is 2.18. The van der Waals surface area contributed by atoms with Crippen LogP contribution >= 0.6 is 11.6 Å². The zero-order valence-electron chi connectivity index (χ0n) is 9.26. The lowest BCUT2D eigenvalue weighted by molar-refractivity contribution is -0.147. The van der Waals surface area contributed by atoms with Gasteiger partial charge in [0.05, 0.1) is 17.5 Å². The van der Waals surface area contributed by atoms with E-state index in [0.717, 1.165) is 0 Å². The predicted molar refractivity (Wildman–Crippen MR) is 63.2 cm³/mol. The molecule has 1 aromatic rings. The van der Waals surface area contributed by atoms with Gasteiger partial charge in [-0.1, -0.05) is 12.1 Å². The Morgan fingerprint density at radius 1 is 1.44 bits per heavy atom. The molecule has 6 heteroatoms. The van der Waals surface area contributed by atoms with Crippen LogP contribution in [0.1, 0.15) is 22.8 Å². The van der Waals surface area contributed by atoms with Crippen molar-refractivity contribution in [3.63, 3.8) is 0 Å². The molecular formula is C12H10ClNO4. The van der Waals surface area contributed by atoms with Crippen LogP contribution in [-0.2, 0) is 16.0 Å². The lowest BCUT2D eigenvalue weighted by Crippen LogP contribution is -2.11. The van der Waals surface area contributed by atoms with Crippen molar-refractivity contribution in [3.8, 4) is 6.07 Å². The summed E-state index contributed by atoms with van der Waals surface area (Å²) in [6.07, 6.45) is -1.68. The van der Waals surface area contributed by atoms with Crippen molar-refractivity contribution >= 4 is 23.4 Å². The number of Topliss-reactive ketones (excluding diaryl/α,β-unsaturated/α-hetero) is 1. The summed E-state index contributed by atoms with van der Waals surface area (Å²) in [5.74, 6) is -1.78. The van der Waals surface area contributed by atoms with Crippen LogP contribution in [0.5, 0.6) is 0 Å². The smallest absolute Gasteiger partial charge is 0.337 e. The SMILES string of the molecule is N#Cc1cc(C(O)C(=O)O)ccc1CC(=O)CCl.